The molecule has 14 aromatic carbocycles. The van der Waals surface area contributed by atoms with E-state index in [2.05, 4.69) is 206 Å². The van der Waals surface area contributed by atoms with E-state index in [9.17, 15) is 0 Å². The molecule has 0 N–H and O–H groups in total. The number of para-hydroxylation sites is 2. The number of hydrogen-bond donors (Lipinski definition) is 0. The molecule has 8 nitrogen and oxygen atoms in total. The molecular formula is C82H50N6O2. The van der Waals surface area contributed by atoms with Gasteiger partial charge in [0.25, 0.3) is 0 Å². The molecule has 4 heterocycles. The monoisotopic (exact) mass is 1150 g/mol. The Morgan fingerprint density at radius 3 is 1.08 bits per heavy atom. The van der Waals surface area contributed by atoms with Crippen LogP contribution in [0.4, 0.5) is 0 Å². The van der Waals surface area contributed by atoms with Crippen molar-refractivity contribution in [2.75, 3.05) is 0 Å². The number of nitrogens with zero attached hydrogens (tertiary/aromatic N) is 6. The van der Waals surface area contributed by atoms with Crippen molar-refractivity contribution in [1.82, 2.24) is 29.9 Å². The van der Waals surface area contributed by atoms with Gasteiger partial charge in [-0.05, 0) is 126 Å². The van der Waals surface area contributed by atoms with Crippen LogP contribution in [0.15, 0.2) is 312 Å². The summed E-state index contributed by atoms with van der Waals surface area (Å²) in [4.78, 5) is 30.2. The van der Waals surface area contributed by atoms with Crippen LogP contribution < -0.4 is 0 Å². The molecule has 0 bridgehead atoms. The zero-order chi connectivity index (χ0) is 59.5. The molecule has 0 aliphatic carbocycles. The highest BCUT2D eigenvalue weighted by molar-refractivity contribution is 6.10. The minimum Gasteiger partial charge on any atom is -0.456 e. The molecule has 0 radical (unpaired) electrons. The lowest BCUT2D eigenvalue weighted by atomic mass is 9.94. The highest BCUT2D eigenvalue weighted by Gasteiger charge is 2.20. The van der Waals surface area contributed by atoms with Crippen LogP contribution in [0.5, 0.6) is 0 Å². The third kappa shape index (κ3) is 9.53. The minimum absolute atomic E-state index is 0.629. The molecule has 90 heavy (non-hydrogen) atoms. The standard InChI is InChI=1S/2C41H25N3O/c1-2-11-27(12-3-1)39-42-40(30-21-20-26-10-4-5-13-28(26)24-30)44-41(43-39)36-18-9-16-32-31(15-8-17-33(32)36)29-22-23-35-34-14-6-7-19-37(34)45-38(35)25-29;1-2-11-27(12-3-1)39-42-40(31-19-18-26-10-4-5-13-28(26)22-31)44-41(43-39)32-23-29-14-6-7-15-33(29)36(24-32)30-20-21-35-34-16-8-9-17-37(34)45-38(35)25-30/h2*1-25H. The summed E-state index contributed by atoms with van der Waals surface area (Å²) < 4.78 is 12.5. The van der Waals surface area contributed by atoms with Gasteiger partial charge in [0.2, 0.25) is 0 Å². The predicted octanol–water partition coefficient (Wildman–Crippen LogP) is 21.5. The van der Waals surface area contributed by atoms with Gasteiger partial charge >= 0.3 is 0 Å². The predicted molar refractivity (Wildman–Crippen MR) is 368 cm³/mol. The Morgan fingerprint density at radius 1 is 0.167 bits per heavy atom. The van der Waals surface area contributed by atoms with Crippen molar-refractivity contribution < 1.29 is 8.83 Å². The van der Waals surface area contributed by atoms with Crippen LogP contribution in [0.3, 0.4) is 0 Å². The van der Waals surface area contributed by atoms with Crippen molar-refractivity contribution in [1.29, 1.82) is 0 Å². The van der Waals surface area contributed by atoms with E-state index < -0.39 is 0 Å². The van der Waals surface area contributed by atoms with Gasteiger partial charge in [0.05, 0.1) is 0 Å². The van der Waals surface area contributed by atoms with E-state index in [-0.39, 0.29) is 0 Å². The average molecular weight is 1150 g/mol. The molecule has 18 aromatic rings. The first-order valence-corrected chi connectivity index (χ1v) is 30.1. The van der Waals surface area contributed by atoms with Crippen LogP contribution in [0.2, 0.25) is 0 Å². The van der Waals surface area contributed by atoms with Crippen molar-refractivity contribution in [2.24, 2.45) is 0 Å². The maximum absolute atomic E-state index is 6.27. The SMILES string of the molecule is c1ccc(-c2nc(-c3ccc4ccccc4c3)nc(-c3cc(-c4ccc5c(c4)oc4ccccc45)c4ccccc4c3)n2)cc1.c1ccc(-c2nc(-c3ccc4ccccc4c3)nc(-c3cccc4c(-c5ccc6c(c5)oc5ccccc56)cccc34)n2)cc1. The number of benzene rings is 14. The third-order valence-corrected chi connectivity index (χ3v) is 17.0. The van der Waals surface area contributed by atoms with Crippen molar-refractivity contribution in [3.8, 4) is 90.6 Å². The second-order valence-electron chi connectivity index (χ2n) is 22.5. The lowest BCUT2D eigenvalue weighted by molar-refractivity contribution is 0.668. The van der Waals surface area contributed by atoms with Gasteiger partial charge in [0.15, 0.2) is 34.9 Å². The van der Waals surface area contributed by atoms with E-state index in [1.807, 2.05) is 97.1 Å². The number of fused-ring (bicyclic) bond motifs is 10. The number of hydrogen-bond acceptors (Lipinski definition) is 8. The second kappa shape index (κ2) is 21.9. The van der Waals surface area contributed by atoms with Gasteiger partial charge in [-0.3, -0.25) is 0 Å². The van der Waals surface area contributed by atoms with Gasteiger partial charge in [0.1, 0.15) is 22.3 Å². The topological polar surface area (TPSA) is 104 Å². The first kappa shape index (κ1) is 52.1. The minimum atomic E-state index is 0.629. The quantitative estimate of drug-likeness (QED) is 0.148. The first-order valence-electron chi connectivity index (χ1n) is 30.1. The van der Waals surface area contributed by atoms with Crippen LogP contribution in [0, 0.1) is 0 Å². The van der Waals surface area contributed by atoms with Crippen LogP contribution in [0.1, 0.15) is 0 Å². The lowest BCUT2D eigenvalue weighted by Crippen LogP contribution is -2.00. The molecule has 0 saturated heterocycles. The molecule has 8 heteroatoms. The normalized spacial score (nSPS) is 11.6. The Hall–Kier alpha value is -12.3. The van der Waals surface area contributed by atoms with E-state index >= 15 is 0 Å². The number of rotatable bonds is 8. The summed E-state index contributed by atoms with van der Waals surface area (Å²) in [6, 6.07) is 105. The Bertz CT molecular complexity index is 5820. The highest BCUT2D eigenvalue weighted by atomic mass is 16.3. The molecular weight excluding hydrogens is 1100 g/mol. The van der Waals surface area contributed by atoms with E-state index in [0.29, 0.717) is 34.9 Å². The zero-order valence-electron chi connectivity index (χ0n) is 48.4. The van der Waals surface area contributed by atoms with Crippen LogP contribution in [0.25, 0.3) is 178 Å². The largest absolute Gasteiger partial charge is 0.456 e. The molecule has 0 fully saturated rings. The van der Waals surface area contributed by atoms with Gasteiger partial charge in [-0.15, -0.1) is 0 Å². The molecule has 4 aromatic heterocycles. The zero-order valence-corrected chi connectivity index (χ0v) is 48.4. The number of aromatic nitrogens is 6. The Kier molecular flexibility index (Phi) is 12.7. The molecule has 0 amide bonds. The van der Waals surface area contributed by atoms with Crippen LogP contribution in [-0.4, -0.2) is 29.9 Å². The molecule has 0 unspecified atom stereocenters. The van der Waals surface area contributed by atoms with Crippen LogP contribution >= 0.6 is 0 Å². The van der Waals surface area contributed by atoms with Crippen molar-refractivity contribution in [3.63, 3.8) is 0 Å². The molecule has 0 spiro atoms. The smallest absolute Gasteiger partial charge is 0.164 e. The van der Waals surface area contributed by atoms with Crippen molar-refractivity contribution in [3.05, 3.63) is 303 Å². The third-order valence-electron chi connectivity index (χ3n) is 17.0. The van der Waals surface area contributed by atoms with Gasteiger partial charge in [0, 0.05) is 54.9 Å². The summed E-state index contributed by atoms with van der Waals surface area (Å²) >= 11 is 0. The Balaban J connectivity index is 0.000000139. The van der Waals surface area contributed by atoms with E-state index in [1.165, 1.54) is 10.8 Å². The summed E-state index contributed by atoms with van der Waals surface area (Å²) in [6.45, 7) is 0. The van der Waals surface area contributed by atoms with E-state index in [1.54, 1.807) is 0 Å². The van der Waals surface area contributed by atoms with Crippen molar-refractivity contribution in [2.45, 2.75) is 0 Å². The maximum Gasteiger partial charge on any atom is 0.164 e. The molecule has 0 saturated carbocycles. The summed E-state index contributed by atoms with van der Waals surface area (Å²) in [5, 5.41) is 13.6. The summed E-state index contributed by atoms with van der Waals surface area (Å²) in [6.07, 6.45) is 0. The summed E-state index contributed by atoms with van der Waals surface area (Å²) in [7, 11) is 0. The molecule has 420 valence electrons. The van der Waals surface area contributed by atoms with Crippen LogP contribution in [-0.2, 0) is 0 Å². The molecule has 0 aliphatic heterocycles. The fraction of sp³-hybridized carbons (Fsp3) is 0. The molecule has 0 aliphatic rings. The number of furan rings is 2. The van der Waals surface area contributed by atoms with E-state index in [4.69, 9.17) is 38.7 Å². The average Bonchev–Trinajstić information content (AvgIpc) is 1.62. The fourth-order valence-corrected chi connectivity index (χ4v) is 12.6. The van der Waals surface area contributed by atoms with E-state index in [0.717, 1.165) is 132 Å². The summed E-state index contributed by atoms with van der Waals surface area (Å²) in [5.74, 6) is 3.84. The van der Waals surface area contributed by atoms with Gasteiger partial charge in [-0.25, -0.2) is 29.9 Å². The van der Waals surface area contributed by atoms with Gasteiger partial charge in [-0.2, -0.15) is 0 Å². The molecule has 0 atom stereocenters. The Labute approximate surface area is 516 Å². The summed E-state index contributed by atoms with van der Waals surface area (Å²) in [5.41, 5.74) is 13.6. The molecule has 18 rings (SSSR count). The second-order valence-corrected chi connectivity index (χ2v) is 22.5. The van der Waals surface area contributed by atoms with Gasteiger partial charge < -0.3 is 8.83 Å². The lowest BCUT2D eigenvalue weighted by Gasteiger charge is -2.13. The fourth-order valence-electron chi connectivity index (χ4n) is 12.6. The maximum atomic E-state index is 6.27. The Morgan fingerprint density at radius 2 is 0.533 bits per heavy atom. The first-order chi connectivity index (χ1) is 44.5. The van der Waals surface area contributed by atoms with Gasteiger partial charge in [-0.1, -0.05) is 243 Å². The van der Waals surface area contributed by atoms with Crippen molar-refractivity contribution >= 4 is 87.0 Å². The highest BCUT2D eigenvalue weighted by Crippen LogP contribution is 2.41.